The lowest BCUT2D eigenvalue weighted by molar-refractivity contribution is -0.132. The van der Waals surface area contributed by atoms with Crippen LogP contribution in [0, 0.1) is 0 Å². The van der Waals surface area contributed by atoms with Crippen LogP contribution in [-0.2, 0) is 9.53 Å². The zero-order valence-corrected chi connectivity index (χ0v) is 22.1. The molecule has 0 aromatic rings. The van der Waals surface area contributed by atoms with Crippen LogP contribution in [0.15, 0.2) is 4.99 Å². The van der Waals surface area contributed by atoms with Gasteiger partial charge in [-0.1, -0.05) is 12.8 Å². The number of ether oxygens (including phenoxy) is 1. The first-order chi connectivity index (χ1) is 14.5. The average Bonchev–Trinajstić information content (AvgIpc) is 3.05. The maximum atomic E-state index is 12.7. The van der Waals surface area contributed by atoms with E-state index in [1.54, 1.807) is 0 Å². The van der Waals surface area contributed by atoms with E-state index in [2.05, 4.69) is 44.0 Å². The predicted molar refractivity (Wildman–Crippen MR) is 136 cm³/mol. The first kappa shape index (κ1) is 26.6. The molecule has 0 radical (unpaired) electrons. The number of hydrogen-bond acceptors (Lipinski definition) is 5. The highest BCUT2D eigenvalue weighted by atomic mass is 127. The summed E-state index contributed by atoms with van der Waals surface area (Å²) in [5.41, 5.74) is 0.121. The van der Waals surface area contributed by atoms with Crippen molar-refractivity contribution in [1.82, 2.24) is 24.9 Å². The molecule has 0 bridgehead atoms. The molecule has 0 spiro atoms. The monoisotopic (exact) mass is 550 g/mol. The smallest absolute Gasteiger partial charge is 0.236 e. The first-order valence-corrected chi connectivity index (χ1v) is 11.7. The summed E-state index contributed by atoms with van der Waals surface area (Å²) in [6.07, 6.45) is 6.91. The van der Waals surface area contributed by atoms with Crippen molar-refractivity contribution in [3.05, 3.63) is 0 Å². The van der Waals surface area contributed by atoms with Crippen LogP contribution in [-0.4, -0.2) is 124 Å². The molecule has 31 heavy (non-hydrogen) atoms. The second kappa shape index (κ2) is 13.2. The van der Waals surface area contributed by atoms with Crippen LogP contribution in [0.2, 0.25) is 0 Å². The summed E-state index contributed by atoms with van der Waals surface area (Å²) in [5, 5.41) is 3.63. The van der Waals surface area contributed by atoms with E-state index in [1.807, 2.05) is 7.05 Å². The van der Waals surface area contributed by atoms with Gasteiger partial charge in [0.15, 0.2) is 5.96 Å². The van der Waals surface area contributed by atoms with Gasteiger partial charge >= 0.3 is 0 Å². The van der Waals surface area contributed by atoms with E-state index in [-0.39, 0.29) is 29.5 Å². The SMILES string of the molecule is CN=C(NCC1(N(C)C)CCOCC1)N1CCN(CC(=O)N2CCCCCC2)CC1.I. The minimum atomic E-state index is 0. The number of halogens is 1. The lowest BCUT2D eigenvalue weighted by atomic mass is 9.88. The Kier molecular flexibility index (Phi) is 11.3. The largest absolute Gasteiger partial charge is 0.381 e. The number of guanidine groups is 1. The van der Waals surface area contributed by atoms with E-state index < -0.39 is 0 Å². The highest BCUT2D eigenvalue weighted by Gasteiger charge is 2.35. The molecular formula is C22H43IN6O2. The van der Waals surface area contributed by atoms with E-state index in [0.717, 1.165) is 90.7 Å². The van der Waals surface area contributed by atoms with Crippen molar-refractivity contribution in [3.63, 3.8) is 0 Å². The lowest BCUT2D eigenvalue weighted by Crippen LogP contribution is -2.59. The van der Waals surface area contributed by atoms with E-state index in [4.69, 9.17) is 4.74 Å². The molecule has 3 aliphatic rings. The summed E-state index contributed by atoms with van der Waals surface area (Å²) in [6, 6.07) is 0. The number of amides is 1. The summed E-state index contributed by atoms with van der Waals surface area (Å²) in [5.74, 6) is 1.28. The third kappa shape index (κ3) is 7.43. The molecule has 3 heterocycles. The van der Waals surface area contributed by atoms with Crippen molar-refractivity contribution in [2.75, 3.05) is 86.7 Å². The Morgan fingerprint density at radius 1 is 0.968 bits per heavy atom. The van der Waals surface area contributed by atoms with E-state index in [0.29, 0.717) is 12.5 Å². The van der Waals surface area contributed by atoms with Gasteiger partial charge in [-0.05, 0) is 39.8 Å². The number of aliphatic imine (C=N–C) groups is 1. The highest BCUT2D eigenvalue weighted by molar-refractivity contribution is 14.0. The molecule has 1 N–H and O–H groups in total. The molecular weight excluding hydrogens is 507 g/mol. The summed E-state index contributed by atoms with van der Waals surface area (Å²) in [7, 11) is 6.19. The molecule has 0 unspecified atom stereocenters. The molecule has 180 valence electrons. The Bertz CT molecular complexity index is 566. The molecule has 9 heteroatoms. The van der Waals surface area contributed by atoms with Crippen molar-refractivity contribution in [2.45, 2.75) is 44.1 Å². The van der Waals surface area contributed by atoms with Crippen molar-refractivity contribution in [3.8, 4) is 0 Å². The number of nitrogens with one attached hydrogen (secondary N) is 1. The van der Waals surface area contributed by atoms with Gasteiger partial charge in [0.25, 0.3) is 0 Å². The summed E-state index contributed by atoms with van der Waals surface area (Å²) < 4.78 is 5.59. The molecule has 8 nitrogen and oxygen atoms in total. The molecule has 3 aliphatic heterocycles. The Balaban J connectivity index is 0.00000341. The fraction of sp³-hybridized carbons (Fsp3) is 0.909. The Morgan fingerprint density at radius 3 is 2.13 bits per heavy atom. The molecule has 1 amide bonds. The van der Waals surface area contributed by atoms with Crippen molar-refractivity contribution in [2.24, 2.45) is 4.99 Å². The van der Waals surface area contributed by atoms with E-state index in [1.165, 1.54) is 12.8 Å². The van der Waals surface area contributed by atoms with Gasteiger partial charge in [-0.2, -0.15) is 0 Å². The van der Waals surface area contributed by atoms with Crippen LogP contribution in [0.5, 0.6) is 0 Å². The van der Waals surface area contributed by atoms with E-state index >= 15 is 0 Å². The molecule has 0 aliphatic carbocycles. The number of likely N-dealkylation sites (tertiary alicyclic amines) is 1. The van der Waals surface area contributed by atoms with Crippen LogP contribution in [0.4, 0.5) is 0 Å². The first-order valence-electron chi connectivity index (χ1n) is 11.7. The zero-order valence-electron chi connectivity index (χ0n) is 19.8. The van der Waals surface area contributed by atoms with Gasteiger partial charge < -0.3 is 24.8 Å². The fourth-order valence-corrected chi connectivity index (χ4v) is 4.84. The standard InChI is InChI=1S/C22H42N6O2.HI/c1-23-21(24-19-22(25(2)3)8-16-30-17-9-22)28-14-12-26(13-15-28)18-20(29)27-10-6-4-5-7-11-27;/h4-19H2,1-3H3,(H,23,24);1H. The van der Waals surface area contributed by atoms with Crippen LogP contribution < -0.4 is 5.32 Å². The molecule has 0 saturated carbocycles. The van der Waals surface area contributed by atoms with Crippen LogP contribution in [0.3, 0.4) is 0 Å². The second-order valence-electron chi connectivity index (χ2n) is 9.19. The summed E-state index contributed by atoms with van der Waals surface area (Å²) >= 11 is 0. The maximum absolute atomic E-state index is 12.7. The van der Waals surface area contributed by atoms with Gasteiger partial charge in [0.1, 0.15) is 0 Å². The lowest BCUT2D eigenvalue weighted by Gasteiger charge is -2.44. The van der Waals surface area contributed by atoms with Crippen molar-refractivity contribution >= 4 is 35.8 Å². The molecule has 0 aromatic heterocycles. The minimum Gasteiger partial charge on any atom is -0.381 e. The Labute approximate surface area is 205 Å². The molecule has 0 atom stereocenters. The zero-order chi connectivity index (χ0) is 21.4. The number of carbonyl (C=O) groups is 1. The minimum absolute atomic E-state index is 0. The van der Waals surface area contributed by atoms with Gasteiger partial charge in [-0.15, -0.1) is 24.0 Å². The van der Waals surface area contributed by atoms with Crippen molar-refractivity contribution < 1.29 is 9.53 Å². The van der Waals surface area contributed by atoms with Crippen LogP contribution >= 0.6 is 24.0 Å². The Morgan fingerprint density at radius 2 is 1.58 bits per heavy atom. The molecule has 3 rings (SSSR count). The molecule has 0 aromatic carbocycles. The van der Waals surface area contributed by atoms with Gasteiger partial charge in [-0.3, -0.25) is 14.7 Å². The van der Waals surface area contributed by atoms with Crippen LogP contribution in [0.1, 0.15) is 38.5 Å². The number of piperazine rings is 1. The van der Waals surface area contributed by atoms with Gasteiger partial charge in [0.05, 0.1) is 6.54 Å². The number of hydrogen-bond donors (Lipinski definition) is 1. The number of likely N-dealkylation sites (N-methyl/N-ethyl adjacent to an activating group) is 1. The van der Waals surface area contributed by atoms with E-state index in [9.17, 15) is 4.79 Å². The third-order valence-corrected chi connectivity index (χ3v) is 7.15. The number of nitrogens with zero attached hydrogens (tertiary/aromatic N) is 5. The number of rotatable bonds is 5. The topological polar surface area (TPSA) is 63.7 Å². The molecule has 3 saturated heterocycles. The molecule has 3 fully saturated rings. The quantitative estimate of drug-likeness (QED) is 0.317. The normalized spacial score (nSPS) is 23.3. The summed E-state index contributed by atoms with van der Waals surface area (Å²) in [6.45, 7) is 8.59. The van der Waals surface area contributed by atoms with Crippen LogP contribution in [0.25, 0.3) is 0 Å². The highest BCUT2D eigenvalue weighted by Crippen LogP contribution is 2.25. The van der Waals surface area contributed by atoms with Crippen molar-refractivity contribution in [1.29, 1.82) is 0 Å². The maximum Gasteiger partial charge on any atom is 0.236 e. The Hall–Kier alpha value is -0.650. The average molecular weight is 551 g/mol. The third-order valence-electron chi connectivity index (χ3n) is 7.15. The number of carbonyl (C=O) groups excluding carboxylic acids is 1. The van der Waals surface area contributed by atoms with Gasteiger partial charge in [0.2, 0.25) is 5.91 Å². The summed E-state index contributed by atoms with van der Waals surface area (Å²) in [4.78, 5) is 26.3. The van der Waals surface area contributed by atoms with Gasteiger partial charge in [0, 0.05) is 71.6 Å². The predicted octanol–water partition coefficient (Wildman–Crippen LogP) is 1.31. The second-order valence-corrected chi connectivity index (χ2v) is 9.19. The fourth-order valence-electron chi connectivity index (χ4n) is 4.84. The van der Waals surface area contributed by atoms with Gasteiger partial charge in [-0.25, -0.2) is 0 Å².